The molecule has 3 rings (SSSR count). The lowest BCUT2D eigenvalue weighted by Gasteiger charge is -2.39. The highest BCUT2D eigenvalue weighted by Gasteiger charge is 2.26. The molecule has 3 heterocycles. The van der Waals surface area contributed by atoms with E-state index in [1.807, 2.05) is 18.3 Å². The molecule has 20 heavy (non-hydrogen) atoms. The third kappa shape index (κ3) is 2.25. The van der Waals surface area contributed by atoms with E-state index in [9.17, 15) is 0 Å². The molecule has 1 aliphatic rings. The number of pyridine rings is 2. The van der Waals surface area contributed by atoms with E-state index in [1.54, 1.807) is 19.4 Å². The zero-order chi connectivity index (χ0) is 14.1. The van der Waals surface area contributed by atoms with Gasteiger partial charge in [-0.05, 0) is 12.1 Å². The Balaban J connectivity index is 1.79. The number of aromatic nitrogens is 2. The number of methoxy groups -OCH3 is 1. The monoisotopic (exact) mass is 271 g/mol. The Morgan fingerprint density at radius 3 is 2.60 bits per heavy atom. The lowest BCUT2D eigenvalue weighted by Crippen LogP contribution is -2.51. The second-order valence-electron chi connectivity index (χ2n) is 4.86. The average Bonchev–Trinajstić information content (AvgIpc) is 2.39. The van der Waals surface area contributed by atoms with Gasteiger partial charge in [-0.15, -0.1) is 0 Å². The third-order valence-electron chi connectivity index (χ3n) is 3.53. The summed E-state index contributed by atoms with van der Waals surface area (Å²) in [5, 5.41) is 0. The number of nitrogens with zero attached hydrogens (tertiary/aromatic N) is 3. The van der Waals surface area contributed by atoms with E-state index in [1.165, 1.54) is 0 Å². The van der Waals surface area contributed by atoms with E-state index in [-0.39, 0.29) is 0 Å². The van der Waals surface area contributed by atoms with E-state index in [4.69, 9.17) is 16.2 Å². The number of anilines is 3. The van der Waals surface area contributed by atoms with Crippen LogP contribution in [0.1, 0.15) is 0 Å². The van der Waals surface area contributed by atoms with Crippen molar-refractivity contribution >= 4 is 17.2 Å². The molecule has 104 valence electrons. The summed E-state index contributed by atoms with van der Waals surface area (Å²) in [4.78, 5) is 10.7. The van der Waals surface area contributed by atoms with Crippen molar-refractivity contribution in [3.8, 4) is 11.3 Å². The van der Waals surface area contributed by atoms with Gasteiger partial charge in [0.15, 0.2) is 0 Å². The summed E-state index contributed by atoms with van der Waals surface area (Å²) in [6, 6.07) is 5.62. The van der Waals surface area contributed by atoms with E-state index in [0.29, 0.717) is 17.6 Å². The van der Waals surface area contributed by atoms with E-state index < -0.39 is 0 Å². The molecule has 6 nitrogen and oxygen atoms in total. The summed E-state index contributed by atoms with van der Waals surface area (Å²) in [7, 11) is 1.74. The fraction of sp³-hybridized carbons (Fsp3) is 0.286. The molecular weight excluding hydrogens is 254 g/mol. The lowest BCUT2D eigenvalue weighted by atomic mass is 10.1. The number of hydrogen-bond acceptors (Lipinski definition) is 6. The van der Waals surface area contributed by atoms with Crippen molar-refractivity contribution in [2.75, 3.05) is 36.6 Å². The SMILES string of the molecule is COC1CN(c2ccc(-c3cnc(N)cc3N)nc2)C1. The van der Waals surface area contributed by atoms with Crippen molar-refractivity contribution in [3.63, 3.8) is 0 Å². The second kappa shape index (κ2) is 4.97. The summed E-state index contributed by atoms with van der Waals surface area (Å²) < 4.78 is 5.26. The molecule has 1 aliphatic heterocycles. The first kappa shape index (κ1) is 12.7. The largest absolute Gasteiger partial charge is 0.398 e. The van der Waals surface area contributed by atoms with Gasteiger partial charge in [0.05, 0.1) is 23.7 Å². The molecule has 0 amide bonds. The molecule has 0 aromatic carbocycles. The first-order chi connectivity index (χ1) is 9.67. The minimum Gasteiger partial charge on any atom is -0.398 e. The number of hydrogen-bond donors (Lipinski definition) is 2. The molecule has 4 N–H and O–H groups in total. The molecule has 0 aliphatic carbocycles. The molecule has 2 aromatic rings. The van der Waals surface area contributed by atoms with Crippen LogP contribution in [0.5, 0.6) is 0 Å². The molecule has 1 fully saturated rings. The van der Waals surface area contributed by atoms with Crippen LogP contribution in [0.15, 0.2) is 30.6 Å². The van der Waals surface area contributed by atoms with E-state index >= 15 is 0 Å². The Morgan fingerprint density at radius 1 is 1.20 bits per heavy atom. The summed E-state index contributed by atoms with van der Waals surface area (Å²) in [6.07, 6.45) is 3.82. The molecule has 0 radical (unpaired) electrons. The average molecular weight is 271 g/mol. The number of nitrogen functional groups attached to an aromatic ring is 2. The van der Waals surface area contributed by atoms with Crippen molar-refractivity contribution in [3.05, 3.63) is 30.6 Å². The fourth-order valence-electron chi connectivity index (χ4n) is 2.23. The van der Waals surface area contributed by atoms with Crippen LogP contribution in [0, 0.1) is 0 Å². The van der Waals surface area contributed by atoms with Crippen molar-refractivity contribution in [2.45, 2.75) is 6.10 Å². The van der Waals surface area contributed by atoms with Crippen LogP contribution in [0.2, 0.25) is 0 Å². The summed E-state index contributed by atoms with van der Waals surface area (Å²) in [6.45, 7) is 1.81. The zero-order valence-corrected chi connectivity index (χ0v) is 11.3. The standard InChI is InChI=1S/C14H17N5O/c1-20-10-7-19(8-10)9-2-3-13(17-5-9)11-6-18-14(16)4-12(11)15/h2-6,10H,7-8H2,1H3,(H4,15,16,18). The van der Waals surface area contributed by atoms with E-state index in [0.717, 1.165) is 30.0 Å². The van der Waals surface area contributed by atoms with E-state index in [2.05, 4.69) is 14.9 Å². The quantitative estimate of drug-likeness (QED) is 0.870. The lowest BCUT2D eigenvalue weighted by molar-refractivity contribution is 0.0787. The molecular formula is C14H17N5O. The molecule has 0 unspecified atom stereocenters. The van der Waals surface area contributed by atoms with Gasteiger partial charge in [0.25, 0.3) is 0 Å². The first-order valence-corrected chi connectivity index (χ1v) is 6.42. The summed E-state index contributed by atoms with van der Waals surface area (Å²) in [5.41, 5.74) is 14.8. The predicted molar refractivity (Wildman–Crippen MR) is 79.3 cm³/mol. The second-order valence-corrected chi connectivity index (χ2v) is 4.86. The zero-order valence-electron chi connectivity index (χ0n) is 11.3. The number of nitrogens with two attached hydrogens (primary N) is 2. The van der Waals surface area contributed by atoms with Gasteiger partial charge in [0.2, 0.25) is 0 Å². The molecule has 0 bridgehead atoms. The minimum absolute atomic E-state index is 0.326. The highest BCUT2D eigenvalue weighted by atomic mass is 16.5. The molecule has 0 spiro atoms. The van der Waals surface area contributed by atoms with Gasteiger partial charge < -0.3 is 21.1 Å². The normalized spacial score (nSPS) is 15.2. The van der Waals surface area contributed by atoms with Gasteiger partial charge in [0.1, 0.15) is 5.82 Å². The highest BCUT2D eigenvalue weighted by Crippen LogP contribution is 2.27. The Kier molecular flexibility index (Phi) is 3.15. The van der Waals surface area contributed by atoms with Gasteiger partial charge in [-0.25, -0.2) is 4.98 Å². The minimum atomic E-state index is 0.326. The maximum atomic E-state index is 5.94. The van der Waals surface area contributed by atoms with Crippen LogP contribution in [-0.2, 0) is 4.74 Å². The molecule has 0 atom stereocenters. The van der Waals surface area contributed by atoms with Crippen LogP contribution in [0.3, 0.4) is 0 Å². The fourth-order valence-corrected chi connectivity index (χ4v) is 2.23. The highest BCUT2D eigenvalue weighted by molar-refractivity contribution is 5.75. The van der Waals surface area contributed by atoms with Crippen molar-refractivity contribution in [2.24, 2.45) is 0 Å². The molecule has 1 saturated heterocycles. The number of rotatable bonds is 3. The Morgan fingerprint density at radius 2 is 2.00 bits per heavy atom. The van der Waals surface area contributed by atoms with Gasteiger partial charge in [-0.1, -0.05) is 0 Å². The van der Waals surface area contributed by atoms with Crippen LogP contribution < -0.4 is 16.4 Å². The first-order valence-electron chi connectivity index (χ1n) is 6.42. The Labute approximate surface area is 117 Å². The van der Waals surface area contributed by atoms with Crippen LogP contribution in [0.4, 0.5) is 17.2 Å². The van der Waals surface area contributed by atoms with Crippen LogP contribution in [-0.4, -0.2) is 36.3 Å². The molecule has 0 saturated carbocycles. The van der Waals surface area contributed by atoms with Crippen molar-refractivity contribution < 1.29 is 4.74 Å². The summed E-state index contributed by atoms with van der Waals surface area (Å²) in [5.74, 6) is 0.411. The maximum Gasteiger partial charge on any atom is 0.125 e. The Bertz CT molecular complexity index is 607. The maximum absolute atomic E-state index is 5.94. The number of ether oxygens (including phenoxy) is 1. The van der Waals surface area contributed by atoms with Gasteiger partial charge in [0, 0.05) is 43.7 Å². The van der Waals surface area contributed by atoms with Crippen molar-refractivity contribution in [1.82, 2.24) is 9.97 Å². The molecule has 2 aromatic heterocycles. The van der Waals surface area contributed by atoms with Gasteiger partial charge in [-0.3, -0.25) is 4.98 Å². The third-order valence-corrected chi connectivity index (χ3v) is 3.53. The predicted octanol–water partition coefficient (Wildman–Crippen LogP) is 1.14. The summed E-state index contributed by atoms with van der Waals surface area (Å²) >= 11 is 0. The smallest absolute Gasteiger partial charge is 0.125 e. The molecule has 6 heteroatoms. The van der Waals surface area contributed by atoms with Gasteiger partial charge in [-0.2, -0.15) is 0 Å². The van der Waals surface area contributed by atoms with Crippen LogP contribution in [0.25, 0.3) is 11.3 Å². The topological polar surface area (TPSA) is 90.3 Å². The van der Waals surface area contributed by atoms with Crippen molar-refractivity contribution in [1.29, 1.82) is 0 Å². The Hall–Kier alpha value is -2.34. The van der Waals surface area contributed by atoms with Crippen LogP contribution >= 0.6 is 0 Å². The van der Waals surface area contributed by atoms with Gasteiger partial charge >= 0.3 is 0 Å².